The topological polar surface area (TPSA) is 35.2 Å². The number of benzene rings is 1. The van der Waals surface area contributed by atoms with Crippen LogP contribution < -0.4 is 5.73 Å². The maximum absolute atomic E-state index is 5.86. The number of nitrogens with two attached hydrogens (primary N) is 1. The van der Waals surface area contributed by atoms with Crippen molar-refractivity contribution in [3.63, 3.8) is 0 Å². The van der Waals surface area contributed by atoms with E-state index in [0.717, 1.165) is 31.2 Å². The van der Waals surface area contributed by atoms with Crippen LogP contribution in [0.5, 0.6) is 0 Å². The molecule has 2 nitrogen and oxygen atoms in total. The lowest BCUT2D eigenvalue weighted by Gasteiger charge is -2.31. The molecule has 15 heavy (non-hydrogen) atoms. The lowest BCUT2D eigenvalue weighted by molar-refractivity contribution is 0.0494. The van der Waals surface area contributed by atoms with Crippen molar-refractivity contribution in [1.82, 2.24) is 0 Å². The molecule has 0 aliphatic carbocycles. The summed E-state index contributed by atoms with van der Waals surface area (Å²) in [6.45, 7) is 2.35. The molecule has 1 aromatic rings. The number of halogens is 1. The van der Waals surface area contributed by atoms with Gasteiger partial charge in [0.1, 0.15) is 0 Å². The van der Waals surface area contributed by atoms with Gasteiger partial charge < -0.3 is 10.5 Å². The van der Waals surface area contributed by atoms with Gasteiger partial charge in [-0.1, -0.05) is 23.7 Å². The van der Waals surface area contributed by atoms with E-state index in [1.165, 1.54) is 5.56 Å². The summed E-state index contributed by atoms with van der Waals surface area (Å²) in [5, 5.41) is 0.778. The van der Waals surface area contributed by atoms with Gasteiger partial charge in [0, 0.05) is 17.5 Å². The van der Waals surface area contributed by atoms with Crippen LogP contribution in [0.1, 0.15) is 17.9 Å². The van der Waals surface area contributed by atoms with Gasteiger partial charge in [-0.3, -0.25) is 0 Å². The number of hydrogen-bond donors (Lipinski definition) is 1. The Bertz CT molecular complexity index is 312. The molecule has 0 spiro atoms. The average molecular weight is 226 g/mol. The predicted octanol–water partition coefficient (Wildman–Crippen LogP) is 2.42. The van der Waals surface area contributed by atoms with E-state index in [0.29, 0.717) is 11.8 Å². The maximum Gasteiger partial charge on any atom is 0.0537 e. The Labute approximate surface area is 95.4 Å². The van der Waals surface area contributed by atoms with Crippen molar-refractivity contribution in [1.29, 1.82) is 0 Å². The molecular weight excluding hydrogens is 210 g/mol. The molecule has 82 valence electrons. The molecule has 1 heterocycles. The second kappa shape index (κ2) is 4.97. The van der Waals surface area contributed by atoms with Gasteiger partial charge >= 0.3 is 0 Å². The second-order valence-electron chi connectivity index (χ2n) is 4.02. The number of hydrogen-bond acceptors (Lipinski definition) is 2. The Hall–Kier alpha value is -0.570. The summed E-state index contributed by atoms with van der Waals surface area (Å²) < 4.78 is 5.51. The van der Waals surface area contributed by atoms with E-state index in [9.17, 15) is 0 Å². The van der Waals surface area contributed by atoms with Crippen LogP contribution in [-0.2, 0) is 4.74 Å². The molecule has 0 radical (unpaired) electrons. The van der Waals surface area contributed by atoms with Crippen LogP contribution in [0.15, 0.2) is 24.3 Å². The van der Waals surface area contributed by atoms with Gasteiger partial charge in [-0.25, -0.2) is 0 Å². The molecule has 1 fully saturated rings. The van der Waals surface area contributed by atoms with Crippen molar-refractivity contribution >= 4 is 11.6 Å². The van der Waals surface area contributed by atoms with E-state index in [4.69, 9.17) is 22.1 Å². The first kappa shape index (κ1) is 10.9. The van der Waals surface area contributed by atoms with Crippen LogP contribution in [0, 0.1) is 5.92 Å². The van der Waals surface area contributed by atoms with Crippen LogP contribution in [0.2, 0.25) is 5.02 Å². The van der Waals surface area contributed by atoms with Gasteiger partial charge in [-0.2, -0.15) is 0 Å². The minimum Gasteiger partial charge on any atom is -0.381 e. The van der Waals surface area contributed by atoms with Gasteiger partial charge in [0.05, 0.1) is 6.61 Å². The zero-order chi connectivity index (χ0) is 10.7. The van der Waals surface area contributed by atoms with E-state index in [1.54, 1.807) is 0 Å². The molecule has 1 aliphatic heterocycles. The van der Waals surface area contributed by atoms with Crippen LogP contribution in [0.25, 0.3) is 0 Å². The third-order valence-electron chi connectivity index (χ3n) is 3.10. The van der Waals surface area contributed by atoms with Gasteiger partial charge in [0.2, 0.25) is 0 Å². The Morgan fingerprint density at radius 2 is 2.07 bits per heavy atom. The highest BCUT2D eigenvalue weighted by Gasteiger charge is 2.25. The number of ether oxygens (including phenoxy) is 1. The average Bonchev–Trinajstić information content (AvgIpc) is 2.30. The summed E-state index contributed by atoms with van der Waals surface area (Å²) in [5.74, 6) is 0.973. The first-order chi connectivity index (χ1) is 7.31. The number of rotatable bonds is 2. The predicted molar refractivity (Wildman–Crippen MR) is 62.2 cm³/mol. The van der Waals surface area contributed by atoms with Crippen molar-refractivity contribution in [3.8, 4) is 0 Å². The lowest BCUT2D eigenvalue weighted by Crippen LogP contribution is -2.31. The molecule has 2 rings (SSSR count). The van der Waals surface area contributed by atoms with E-state index < -0.39 is 0 Å². The largest absolute Gasteiger partial charge is 0.381 e. The summed E-state index contributed by atoms with van der Waals surface area (Å²) in [6, 6.07) is 8.01. The highest BCUT2D eigenvalue weighted by Crippen LogP contribution is 2.31. The molecule has 0 aromatic heterocycles. The van der Waals surface area contributed by atoms with Crippen LogP contribution >= 0.6 is 11.6 Å². The third kappa shape index (κ3) is 2.51. The van der Waals surface area contributed by atoms with Crippen molar-refractivity contribution in [2.24, 2.45) is 11.7 Å². The monoisotopic (exact) mass is 225 g/mol. The SMILES string of the molecule is NCC1CCOCC1c1ccc(Cl)cc1. The fourth-order valence-corrected chi connectivity index (χ4v) is 2.27. The van der Waals surface area contributed by atoms with Gasteiger partial charge in [0.15, 0.2) is 0 Å². The smallest absolute Gasteiger partial charge is 0.0537 e. The summed E-state index contributed by atoms with van der Waals surface area (Å²) in [6.07, 6.45) is 1.06. The highest BCUT2D eigenvalue weighted by atomic mass is 35.5. The summed E-state index contributed by atoms with van der Waals surface area (Å²) in [5.41, 5.74) is 7.07. The van der Waals surface area contributed by atoms with E-state index in [1.807, 2.05) is 12.1 Å². The molecular formula is C12H16ClNO. The fraction of sp³-hybridized carbons (Fsp3) is 0.500. The lowest BCUT2D eigenvalue weighted by atomic mass is 9.83. The van der Waals surface area contributed by atoms with E-state index in [2.05, 4.69) is 12.1 Å². The molecule has 2 atom stereocenters. The van der Waals surface area contributed by atoms with Gasteiger partial charge in [-0.05, 0) is 36.6 Å². The van der Waals surface area contributed by atoms with E-state index in [-0.39, 0.29) is 0 Å². The molecule has 0 saturated carbocycles. The summed E-state index contributed by atoms with van der Waals surface area (Å²) in [4.78, 5) is 0. The molecule has 0 amide bonds. The summed E-state index contributed by atoms with van der Waals surface area (Å²) in [7, 11) is 0. The second-order valence-corrected chi connectivity index (χ2v) is 4.45. The molecule has 2 N–H and O–H groups in total. The Kier molecular flexibility index (Phi) is 3.62. The normalized spacial score (nSPS) is 26.5. The highest BCUT2D eigenvalue weighted by molar-refractivity contribution is 6.30. The van der Waals surface area contributed by atoms with Crippen molar-refractivity contribution in [2.45, 2.75) is 12.3 Å². The van der Waals surface area contributed by atoms with Crippen LogP contribution in [-0.4, -0.2) is 19.8 Å². The van der Waals surface area contributed by atoms with Crippen molar-refractivity contribution < 1.29 is 4.74 Å². The molecule has 1 aliphatic rings. The van der Waals surface area contributed by atoms with E-state index >= 15 is 0 Å². The Morgan fingerprint density at radius 3 is 2.73 bits per heavy atom. The molecule has 2 unspecified atom stereocenters. The molecule has 0 bridgehead atoms. The first-order valence-electron chi connectivity index (χ1n) is 5.34. The zero-order valence-electron chi connectivity index (χ0n) is 8.66. The first-order valence-corrected chi connectivity index (χ1v) is 5.72. The quantitative estimate of drug-likeness (QED) is 0.839. The summed E-state index contributed by atoms with van der Waals surface area (Å²) >= 11 is 5.86. The molecule has 1 saturated heterocycles. The fourth-order valence-electron chi connectivity index (χ4n) is 2.14. The van der Waals surface area contributed by atoms with Crippen molar-refractivity contribution in [3.05, 3.63) is 34.9 Å². The van der Waals surface area contributed by atoms with Gasteiger partial charge in [-0.15, -0.1) is 0 Å². The maximum atomic E-state index is 5.86. The Balaban J connectivity index is 2.16. The zero-order valence-corrected chi connectivity index (χ0v) is 9.41. The third-order valence-corrected chi connectivity index (χ3v) is 3.35. The minimum absolute atomic E-state index is 0.431. The van der Waals surface area contributed by atoms with Crippen LogP contribution in [0.3, 0.4) is 0 Å². The Morgan fingerprint density at radius 1 is 1.33 bits per heavy atom. The van der Waals surface area contributed by atoms with Gasteiger partial charge in [0.25, 0.3) is 0 Å². The molecule has 1 aromatic carbocycles. The molecule has 3 heteroatoms. The minimum atomic E-state index is 0.431. The van der Waals surface area contributed by atoms with Crippen LogP contribution in [0.4, 0.5) is 0 Å². The van der Waals surface area contributed by atoms with Crippen molar-refractivity contribution in [2.75, 3.05) is 19.8 Å². The standard InChI is InChI=1S/C12H16ClNO/c13-11-3-1-9(2-4-11)12-8-15-6-5-10(12)7-14/h1-4,10,12H,5-8,14H2.